The van der Waals surface area contributed by atoms with Gasteiger partial charge in [-0.25, -0.2) is 9.13 Å². The van der Waals surface area contributed by atoms with Crippen LogP contribution in [0.15, 0.2) is 24.3 Å². The van der Waals surface area contributed by atoms with Gasteiger partial charge >= 0.3 is 39.5 Å². The van der Waals surface area contributed by atoms with Crippen molar-refractivity contribution in [2.75, 3.05) is 39.6 Å². The molecule has 92 heavy (non-hydrogen) atoms. The molecule has 0 aliphatic rings. The topological polar surface area (TPSA) is 237 Å². The van der Waals surface area contributed by atoms with Crippen molar-refractivity contribution in [3.05, 3.63) is 24.3 Å². The summed E-state index contributed by atoms with van der Waals surface area (Å²) in [5.74, 6) is -0.608. The second kappa shape index (κ2) is 64.5. The van der Waals surface area contributed by atoms with Crippen LogP contribution in [0.3, 0.4) is 0 Å². The molecule has 0 heterocycles. The van der Waals surface area contributed by atoms with E-state index in [2.05, 4.69) is 65.8 Å². The molecule has 0 aliphatic carbocycles. The Morgan fingerprint density at radius 3 is 0.924 bits per heavy atom. The lowest BCUT2D eigenvalue weighted by molar-refractivity contribution is -0.161. The summed E-state index contributed by atoms with van der Waals surface area (Å²) in [6.07, 6.45) is 53.3. The average molecular weight is 1350 g/mol. The predicted octanol–water partition coefficient (Wildman–Crippen LogP) is 20.7. The van der Waals surface area contributed by atoms with Crippen LogP contribution in [-0.4, -0.2) is 96.7 Å². The lowest BCUT2D eigenvalue weighted by Crippen LogP contribution is -2.30. The molecule has 0 spiro atoms. The van der Waals surface area contributed by atoms with E-state index in [-0.39, 0.29) is 25.7 Å². The number of unbranched alkanes of at least 4 members (excludes halogenated alkanes) is 35. The molecule has 0 bridgehead atoms. The summed E-state index contributed by atoms with van der Waals surface area (Å²) in [4.78, 5) is 72.7. The van der Waals surface area contributed by atoms with Crippen LogP contribution in [0, 0.1) is 11.8 Å². The maximum Gasteiger partial charge on any atom is 0.472 e. The molecule has 0 fully saturated rings. The molecule has 0 radical (unpaired) electrons. The fraction of sp³-hybridized carbons (Fsp3) is 0.890. The first-order valence-corrected chi connectivity index (χ1v) is 40.4. The van der Waals surface area contributed by atoms with Crippen LogP contribution in [0.1, 0.15) is 350 Å². The number of carbonyl (C=O) groups excluding carboxylic acids is 4. The van der Waals surface area contributed by atoms with Gasteiger partial charge in [0.25, 0.3) is 0 Å². The number of hydrogen-bond acceptors (Lipinski definition) is 15. The van der Waals surface area contributed by atoms with Gasteiger partial charge in [0, 0.05) is 25.7 Å². The summed E-state index contributed by atoms with van der Waals surface area (Å²) in [6, 6.07) is 0. The number of aliphatic hydroxyl groups is 1. The van der Waals surface area contributed by atoms with E-state index >= 15 is 0 Å². The summed E-state index contributed by atoms with van der Waals surface area (Å²) in [7, 11) is -9.92. The van der Waals surface area contributed by atoms with Gasteiger partial charge in [-0.05, 0) is 63.2 Å². The van der Waals surface area contributed by atoms with Gasteiger partial charge in [0.1, 0.15) is 19.3 Å². The van der Waals surface area contributed by atoms with Gasteiger partial charge in [-0.1, -0.05) is 297 Å². The number of hydrogen-bond donors (Lipinski definition) is 3. The number of phosphoric acid groups is 2. The summed E-state index contributed by atoms with van der Waals surface area (Å²) in [5, 5.41) is 10.6. The Hall–Kier alpha value is -2.46. The first kappa shape index (κ1) is 89.5. The van der Waals surface area contributed by atoms with Gasteiger partial charge in [0.15, 0.2) is 12.2 Å². The highest BCUT2D eigenvalue weighted by Gasteiger charge is 2.30. The minimum absolute atomic E-state index is 0.0851. The largest absolute Gasteiger partial charge is 0.472 e. The van der Waals surface area contributed by atoms with Gasteiger partial charge in [-0.2, -0.15) is 0 Å². The minimum Gasteiger partial charge on any atom is -0.462 e. The van der Waals surface area contributed by atoms with Crippen LogP contribution in [0.25, 0.3) is 0 Å². The quantitative estimate of drug-likeness (QED) is 0.0169. The molecular weight excluding hydrogens is 1210 g/mol. The Morgan fingerprint density at radius 2 is 0.609 bits per heavy atom. The second-order valence-corrected chi connectivity index (χ2v) is 29.0. The Morgan fingerprint density at radius 1 is 0.348 bits per heavy atom. The zero-order valence-electron chi connectivity index (χ0n) is 59.3. The van der Waals surface area contributed by atoms with E-state index in [4.69, 9.17) is 37.0 Å². The molecule has 3 N–H and O–H groups in total. The molecule has 7 atom stereocenters. The lowest BCUT2D eigenvalue weighted by atomic mass is 9.99. The average Bonchev–Trinajstić information content (AvgIpc) is 1.57. The molecule has 4 unspecified atom stereocenters. The molecule has 0 rings (SSSR count). The van der Waals surface area contributed by atoms with Crippen molar-refractivity contribution in [3.8, 4) is 0 Å². The highest BCUT2D eigenvalue weighted by Crippen LogP contribution is 2.45. The standard InChI is InChI=1S/C73H138O17P2/c1-7-11-13-15-17-19-21-23-24-26-28-30-39-45-51-57-72(77)89-68(61-83-70(75)55-49-43-37-29-27-25-22-20-18-16-14-12-8-2)63-87-91(79,80)85-59-67(74)60-86-92(81,82)88-64-69(90-73(78)58-52-46-40-34-32-36-42-48-54-66(6)10-4)62-84-71(76)56-50-44-38-33-31-35-41-47-53-65(5)9-3/h19,21,23-24,65-69,74H,7-18,20,22,25-64H2,1-6H3,(H,79,80)(H,81,82)/b21-19-,24-23-/t65?,66?,67-,68-,69-/m1/s1. The van der Waals surface area contributed by atoms with Crippen molar-refractivity contribution in [2.45, 2.75) is 368 Å². The summed E-state index contributed by atoms with van der Waals surface area (Å²) in [6.45, 7) is 9.50. The van der Waals surface area contributed by atoms with Crippen molar-refractivity contribution < 1.29 is 80.2 Å². The number of ether oxygens (including phenoxy) is 4. The Labute approximate surface area is 561 Å². The van der Waals surface area contributed by atoms with E-state index in [0.29, 0.717) is 25.7 Å². The first-order chi connectivity index (χ1) is 44.4. The smallest absolute Gasteiger partial charge is 0.462 e. The van der Waals surface area contributed by atoms with Crippen LogP contribution in [0.5, 0.6) is 0 Å². The van der Waals surface area contributed by atoms with Gasteiger partial charge in [-0.3, -0.25) is 37.3 Å². The summed E-state index contributed by atoms with van der Waals surface area (Å²) < 4.78 is 68.4. The third-order valence-corrected chi connectivity index (χ3v) is 19.0. The number of aliphatic hydroxyl groups excluding tert-OH is 1. The summed E-state index contributed by atoms with van der Waals surface area (Å²) >= 11 is 0. The van der Waals surface area contributed by atoms with Crippen LogP contribution in [-0.2, 0) is 65.4 Å². The Balaban J connectivity index is 5.31. The van der Waals surface area contributed by atoms with E-state index in [0.717, 1.165) is 115 Å². The van der Waals surface area contributed by atoms with Crippen molar-refractivity contribution in [1.29, 1.82) is 0 Å². The molecule has 542 valence electrons. The third kappa shape index (κ3) is 63.6. The van der Waals surface area contributed by atoms with E-state index in [9.17, 15) is 43.2 Å². The highest BCUT2D eigenvalue weighted by molar-refractivity contribution is 7.47. The SMILES string of the molecule is CCCCCC/C=C\C=C/CCCCCCCC(=O)O[C@H](COC(=O)CCCCCCCCCCCCCCC)COP(=O)(O)OC[C@@H](O)COP(=O)(O)OC[C@@H](COC(=O)CCCCCCCCCCC(C)CC)OC(=O)CCCCCCCCCCC(C)CC. The lowest BCUT2D eigenvalue weighted by Gasteiger charge is -2.21. The Bertz CT molecular complexity index is 1880. The first-order valence-electron chi connectivity index (χ1n) is 37.4. The molecule has 0 amide bonds. The number of esters is 4. The monoisotopic (exact) mass is 1350 g/mol. The zero-order chi connectivity index (χ0) is 67.9. The van der Waals surface area contributed by atoms with Gasteiger partial charge in [0.05, 0.1) is 26.4 Å². The van der Waals surface area contributed by atoms with Gasteiger partial charge in [-0.15, -0.1) is 0 Å². The fourth-order valence-electron chi connectivity index (χ4n) is 10.5. The van der Waals surface area contributed by atoms with E-state index in [1.54, 1.807) is 0 Å². The Kier molecular flexibility index (Phi) is 62.8. The summed E-state index contributed by atoms with van der Waals surface area (Å²) in [5.41, 5.74) is 0. The van der Waals surface area contributed by atoms with Gasteiger partial charge < -0.3 is 33.8 Å². The predicted molar refractivity (Wildman–Crippen MR) is 372 cm³/mol. The van der Waals surface area contributed by atoms with E-state index < -0.39 is 97.5 Å². The van der Waals surface area contributed by atoms with Crippen molar-refractivity contribution in [1.82, 2.24) is 0 Å². The van der Waals surface area contributed by atoms with Crippen LogP contribution >= 0.6 is 15.6 Å². The molecule has 17 nitrogen and oxygen atoms in total. The number of phosphoric ester groups is 2. The van der Waals surface area contributed by atoms with Crippen molar-refractivity contribution >= 4 is 39.5 Å². The van der Waals surface area contributed by atoms with Crippen LogP contribution in [0.2, 0.25) is 0 Å². The van der Waals surface area contributed by atoms with Gasteiger partial charge in [0.2, 0.25) is 0 Å². The molecule has 0 saturated heterocycles. The number of rotatable bonds is 70. The minimum atomic E-state index is -4.96. The molecular formula is C73H138O17P2. The third-order valence-electron chi connectivity index (χ3n) is 17.1. The van der Waals surface area contributed by atoms with E-state index in [1.165, 1.54) is 154 Å². The molecule has 0 aliphatic heterocycles. The molecule has 0 aromatic carbocycles. The second-order valence-electron chi connectivity index (χ2n) is 26.1. The number of allylic oxidation sites excluding steroid dienone is 4. The maximum atomic E-state index is 13.0. The molecule has 0 aromatic rings. The highest BCUT2D eigenvalue weighted by atomic mass is 31.2. The van der Waals surface area contributed by atoms with Crippen LogP contribution < -0.4 is 0 Å². The fourth-order valence-corrected chi connectivity index (χ4v) is 12.1. The normalized spacial score (nSPS) is 14.8. The van der Waals surface area contributed by atoms with E-state index in [1.807, 2.05) is 0 Å². The molecule has 19 heteroatoms. The van der Waals surface area contributed by atoms with Crippen LogP contribution in [0.4, 0.5) is 0 Å². The molecule has 0 aromatic heterocycles. The maximum absolute atomic E-state index is 13.0. The zero-order valence-corrected chi connectivity index (χ0v) is 61.1. The number of carbonyl (C=O) groups is 4. The van der Waals surface area contributed by atoms with Crippen molar-refractivity contribution in [2.24, 2.45) is 11.8 Å². The van der Waals surface area contributed by atoms with Crippen molar-refractivity contribution in [3.63, 3.8) is 0 Å². The molecule has 0 saturated carbocycles.